The Hall–Kier alpha value is -2.13. The summed E-state index contributed by atoms with van der Waals surface area (Å²) in [6.07, 6.45) is -2.50. The third-order valence-electron chi connectivity index (χ3n) is 2.78. The van der Waals surface area contributed by atoms with Crippen molar-refractivity contribution in [3.63, 3.8) is 0 Å². The van der Waals surface area contributed by atoms with Crippen molar-refractivity contribution in [2.24, 2.45) is 12.9 Å². The molecule has 0 aliphatic rings. The monoisotopic (exact) mass is 301 g/mol. The van der Waals surface area contributed by atoms with Gasteiger partial charge >= 0.3 is 6.36 Å². The van der Waals surface area contributed by atoms with Gasteiger partial charge in [-0.3, -0.25) is 16.0 Å². The molecule has 0 radical (unpaired) electrons. The van der Waals surface area contributed by atoms with Crippen molar-refractivity contribution in [1.29, 1.82) is 0 Å². The largest absolute Gasteiger partial charge is 0.573 e. The van der Waals surface area contributed by atoms with E-state index in [9.17, 15) is 13.2 Å². The van der Waals surface area contributed by atoms with Gasteiger partial charge in [0.1, 0.15) is 5.75 Å². The first-order valence-electron chi connectivity index (χ1n) is 6.04. The van der Waals surface area contributed by atoms with Gasteiger partial charge in [-0.25, -0.2) is 0 Å². The van der Waals surface area contributed by atoms with Crippen LogP contribution < -0.4 is 16.0 Å². The first-order valence-corrected chi connectivity index (χ1v) is 6.04. The number of alkyl halides is 3. The van der Waals surface area contributed by atoms with Gasteiger partial charge < -0.3 is 4.74 Å². The highest BCUT2D eigenvalue weighted by Crippen LogP contribution is 2.25. The lowest BCUT2D eigenvalue weighted by molar-refractivity contribution is -0.274. The SMILES string of the molecule is Cn1cc(CC(NN)c2ccc(OC(F)(F)F)cc2)nn1. The molecular formula is C12H14F3N5O. The van der Waals surface area contributed by atoms with E-state index in [0.29, 0.717) is 6.42 Å². The Morgan fingerprint density at radius 2 is 2.00 bits per heavy atom. The van der Waals surface area contributed by atoms with Gasteiger partial charge in [0.2, 0.25) is 0 Å². The molecule has 1 heterocycles. The van der Waals surface area contributed by atoms with E-state index in [0.717, 1.165) is 11.3 Å². The number of benzene rings is 1. The maximum Gasteiger partial charge on any atom is 0.573 e. The molecule has 0 bridgehead atoms. The number of nitrogens with zero attached hydrogens (tertiary/aromatic N) is 3. The number of nitrogens with two attached hydrogens (primary N) is 1. The van der Waals surface area contributed by atoms with Crippen LogP contribution in [0.3, 0.4) is 0 Å². The van der Waals surface area contributed by atoms with E-state index in [2.05, 4.69) is 20.5 Å². The van der Waals surface area contributed by atoms with Crippen LogP contribution in [0.5, 0.6) is 5.75 Å². The standard InChI is InChI=1S/C12H14F3N5O/c1-20-7-9(18-19-20)6-11(17-16)8-2-4-10(5-3-8)21-12(13,14)15/h2-5,7,11,17H,6,16H2,1H3. The maximum absolute atomic E-state index is 12.1. The Morgan fingerprint density at radius 1 is 1.33 bits per heavy atom. The summed E-state index contributed by atoms with van der Waals surface area (Å²) in [5.74, 6) is 5.21. The fraction of sp³-hybridized carbons (Fsp3) is 0.333. The van der Waals surface area contributed by atoms with Crippen LogP contribution >= 0.6 is 0 Å². The van der Waals surface area contributed by atoms with Gasteiger partial charge in [-0.2, -0.15) is 0 Å². The van der Waals surface area contributed by atoms with Gasteiger partial charge in [-0.15, -0.1) is 18.3 Å². The maximum atomic E-state index is 12.1. The average molecular weight is 301 g/mol. The Balaban J connectivity index is 2.08. The summed E-state index contributed by atoms with van der Waals surface area (Å²) < 4.78 is 41.6. The lowest BCUT2D eigenvalue weighted by Gasteiger charge is -2.16. The lowest BCUT2D eigenvalue weighted by Crippen LogP contribution is -2.29. The smallest absolute Gasteiger partial charge is 0.406 e. The van der Waals surface area contributed by atoms with E-state index in [1.54, 1.807) is 17.9 Å². The minimum atomic E-state index is -4.70. The minimum absolute atomic E-state index is 0.276. The van der Waals surface area contributed by atoms with Crippen LogP contribution in [0.2, 0.25) is 0 Å². The molecule has 0 amide bonds. The van der Waals surface area contributed by atoms with Gasteiger partial charge in [0, 0.05) is 19.7 Å². The second kappa shape index (κ2) is 6.10. The predicted molar refractivity (Wildman–Crippen MR) is 67.9 cm³/mol. The highest BCUT2D eigenvalue weighted by molar-refractivity contribution is 5.29. The fourth-order valence-electron chi connectivity index (χ4n) is 1.87. The molecule has 0 fully saturated rings. The van der Waals surface area contributed by atoms with E-state index in [4.69, 9.17) is 5.84 Å². The molecule has 1 unspecified atom stereocenters. The first kappa shape index (κ1) is 15.3. The van der Waals surface area contributed by atoms with Crippen LogP contribution in [0.25, 0.3) is 0 Å². The zero-order chi connectivity index (χ0) is 15.5. The molecule has 21 heavy (non-hydrogen) atoms. The molecule has 0 saturated carbocycles. The van der Waals surface area contributed by atoms with E-state index in [1.807, 2.05) is 0 Å². The molecule has 1 aromatic heterocycles. The summed E-state index contributed by atoms with van der Waals surface area (Å²) in [7, 11) is 1.74. The van der Waals surface area contributed by atoms with E-state index >= 15 is 0 Å². The van der Waals surface area contributed by atoms with Crippen molar-refractivity contribution in [2.45, 2.75) is 18.8 Å². The molecule has 6 nitrogen and oxygen atoms in total. The quantitative estimate of drug-likeness (QED) is 0.646. The number of halogens is 3. The first-order chi connectivity index (χ1) is 9.87. The number of hydrazine groups is 1. The highest BCUT2D eigenvalue weighted by atomic mass is 19.4. The van der Waals surface area contributed by atoms with Crippen LogP contribution in [-0.4, -0.2) is 21.4 Å². The van der Waals surface area contributed by atoms with Gasteiger partial charge in [0.15, 0.2) is 0 Å². The number of nitrogens with one attached hydrogen (secondary N) is 1. The lowest BCUT2D eigenvalue weighted by atomic mass is 10.0. The average Bonchev–Trinajstić information content (AvgIpc) is 2.81. The Bertz CT molecular complexity index is 581. The predicted octanol–water partition coefficient (Wildman–Crippen LogP) is 1.46. The number of hydrogen-bond donors (Lipinski definition) is 2. The number of aryl methyl sites for hydroxylation is 1. The van der Waals surface area contributed by atoms with Crippen LogP contribution in [-0.2, 0) is 13.5 Å². The van der Waals surface area contributed by atoms with Crippen LogP contribution in [0.1, 0.15) is 17.3 Å². The van der Waals surface area contributed by atoms with Crippen LogP contribution in [0, 0.1) is 0 Å². The zero-order valence-corrected chi connectivity index (χ0v) is 11.1. The van der Waals surface area contributed by atoms with Gasteiger partial charge in [0.25, 0.3) is 0 Å². The van der Waals surface area contributed by atoms with Gasteiger partial charge in [-0.05, 0) is 17.7 Å². The Kier molecular flexibility index (Phi) is 4.43. The van der Waals surface area contributed by atoms with Crippen molar-refractivity contribution in [2.75, 3.05) is 0 Å². The summed E-state index contributed by atoms with van der Waals surface area (Å²) in [5, 5.41) is 7.74. The van der Waals surface area contributed by atoms with Gasteiger partial charge in [-0.1, -0.05) is 17.3 Å². The minimum Gasteiger partial charge on any atom is -0.406 e. The van der Waals surface area contributed by atoms with Crippen molar-refractivity contribution >= 4 is 0 Å². The summed E-state index contributed by atoms with van der Waals surface area (Å²) in [6.45, 7) is 0. The summed E-state index contributed by atoms with van der Waals surface area (Å²) in [5.41, 5.74) is 4.04. The molecular weight excluding hydrogens is 287 g/mol. The number of aromatic nitrogens is 3. The normalized spacial score (nSPS) is 13.2. The van der Waals surface area contributed by atoms with E-state index in [-0.39, 0.29) is 11.8 Å². The van der Waals surface area contributed by atoms with Crippen LogP contribution in [0.4, 0.5) is 13.2 Å². The van der Waals surface area contributed by atoms with E-state index < -0.39 is 6.36 Å². The summed E-state index contributed by atoms with van der Waals surface area (Å²) >= 11 is 0. The molecule has 1 atom stereocenters. The Labute approximate surface area is 118 Å². The van der Waals surface area contributed by atoms with E-state index in [1.165, 1.54) is 24.3 Å². The van der Waals surface area contributed by atoms with Crippen molar-refractivity contribution in [3.8, 4) is 5.75 Å². The highest BCUT2D eigenvalue weighted by Gasteiger charge is 2.31. The zero-order valence-electron chi connectivity index (χ0n) is 11.1. The molecule has 114 valence electrons. The van der Waals surface area contributed by atoms with Crippen molar-refractivity contribution in [1.82, 2.24) is 20.4 Å². The second-order valence-electron chi connectivity index (χ2n) is 4.42. The fourth-order valence-corrected chi connectivity index (χ4v) is 1.87. The molecule has 0 aliphatic carbocycles. The summed E-state index contributed by atoms with van der Waals surface area (Å²) in [6, 6.07) is 5.22. The third kappa shape index (κ3) is 4.43. The van der Waals surface area contributed by atoms with Crippen LogP contribution in [0.15, 0.2) is 30.5 Å². The molecule has 3 N–H and O–H groups in total. The summed E-state index contributed by atoms with van der Waals surface area (Å²) in [4.78, 5) is 0. The van der Waals surface area contributed by atoms with Gasteiger partial charge in [0.05, 0.1) is 11.7 Å². The molecule has 9 heteroatoms. The molecule has 0 spiro atoms. The molecule has 2 rings (SSSR count). The number of ether oxygens (including phenoxy) is 1. The second-order valence-corrected chi connectivity index (χ2v) is 4.42. The molecule has 0 aliphatic heterocycles. The Morgan fingerprint density at radius 3 is 2.48 bits per heavy atom. The number of hydrogen-bond acceptors (Lipinski definition) is 5. The molecule has 1 aromatic carbocycles. The topological polar surface area (TPSA) is 78.0 Å². The molecule has 0 saturated heterocycles. The molecule has 2 aromatic rings. The number of rotatable bonds is 5. The third-order valence-corrected chi connectivity index (χ3v) is 2.78. The van der Waals surface area contributed by atoms with Crippen molar-refractivity contribution < 1.29 is 17.9 Å². The van der Waals surface area contributed by atoms with Crippen molar-refractivity contribution in [3.05, 3.63) is 41.7 Å².